The number of carbonyl (C=O) groups excluding carboxylic acids is 1. The van der Waals surface area contributed by atoms with Crippen molar-refractivity contribution in [2.24, 2.45) is 11.3 Å². The van der Waals surface area contributed by atoms with Crippen molar-refractivity contribution in [2.45, 2.75) is 52.5 Å². The third kappa shape index (κ3) is 3.79. The van der Waals surface area contributed by atoms with Crippen LogP contribution in [0.25, 0.3) is 5.69 Å². The molecule has 5 nitrogen and oxygen atoms in total. The monoisotopic (exact) mass is 367 g/mol. The lowest BCUT2D eigenvalue weighted by Gasteiger charge is -2.36. The molecule has 2 aromatic rings. The number of nitrogens with zero attached hydrogens (tertiary/aromatic N) is 2. The Morgan fingerprint density at radius 2 is 1.93 bits per heavy atom. The van der Waals surface area contributed by atoms with Gasteiger partial charge >= 0.3 is 0 Å². The van der Waals surface area contributed by atoms with E-state index in [1.54, 1.807) is 0 Å². The largest absolute Gasteiger partial charge is 0.381 e. The summed E-state index contributed by atoms with van der Waals surface area (Å²) in [4.78, 5) is 12.8. The smallest absolute Gasteiger partial charge is 0.223 e. The highest BCUT2D eigenvalue weighted by Crippen LogP contribution is 2.41. The minimum Gasteiger partial charge on any atom is -0.381 e. The summed E-state index contributed by atoms with van der Waals surface area (Å²) in [7, 11) is 0. The Morgan fingerprint density at radius 3 is 2.63 bits per heavy atom. The fraction of sp³-hybridized carbons (Fsp3) is 0.545. The van der Waals surface area contributed by atoms with Crippen molar-refractivity contribution in [1.29, 1.82) is 0 Å². The van der Waals surface area contributed by atoms with Gasteiger partial charge in [-0.15, -0.1) is 0 Å². The standard InChI is InChI=1S/C22H29N3O2/c1-15-4-6-17(7-5-15)25-20-13-22(2,3)12-19(18(20)14-23-25)24-21(26)16-8-10-27-11-9-16/h4-7,14,16,19H,8-13H2,1-3H3,(H,24,26)/t19-/m1/s1. The lowest BCUT2D eigenvalue weighted by Crippen LogP contribution is -2.40. The van der Waals surface area contributed by atoms with Crippen molar-refractivity contribution in [2.75, 3.05) is 13.2 Å². The maximum atomic E-state index is 12.8. The maximum Gasteiger partial charge on any atom is 0.223 e. The van der Waals surface area contributed by atoms with Crippen LogP contribution >= 0.6 is 0 Å². The van der Waals surface area contributed by atoms with Crippen molar-refractivity contribution in [3.8, 4) is 5.69 Å². The molecule has 1 aromatic heterocycles. The molecule has 0 spiro atoms. The van der Waals surface area contributed by atoms with Gasteiger partial charge in [-0.05, 0) is 50.2 Å². The summed E-state index contributed by atoms with van der Waals surface area (Å²) >= 11 is 0. The van der Waals surface area contributed by atoms with E-state index in [0.29, 0.717) is 13.2 Å². The maximum absolute atomic E-state index is 12.8. The molecule has 1 aromatic carbocycles. The van der Waals surface area contributed by atoms with Gasteiger partial charge in [-0.25, -0.2) is 4.68 Å². The SMILES string of the molecule is Cc1ccc(-n2ncc3c2CC(C)(C)C[C@H]3NC(=O)C2CCOCC2)cc1. The van der Waals surface area contributed by atoms with Gasteiger partial charge in [0.2, 0.25) is 5.91 Å². The molecule has 1 saturated heterocycles. The zero-order valence-corrected chi connectivity index (χ0v) is 16.5. The van der Waals surface area contributed by atoms with Crippen molar-refractivity contribution < 1.29 is 9.53 Å². The van der Waals surface area contributed by atoms with E-state index >= 15 is 0 Å². The van der Waals surface area contributed by atoms with Gasteiger partial charge in [0, 0.05) is 24.7 Å². The molecule has 27 heavy (non-hydrogen) atoms. The van der Waals surface area contributed by atoms with E-state index in [1.807, 2.05) is 10.9 Å². The number of fused-ring (bicyclic) bond motifs is 1. The van der Waals surface area contributed by atoms with Gasteiger partial charge in [0.1, 0.15) is 0 Å². The molecular formula is C22H29N3O2. The average Bonchev–Trinajstić information content (AvgIpc) is 3.05. The fourth-order valence-electron chi connectivity index (χ4n) is 4.33. The second-order valence-corrected chi connectivity index (χ2v) is 8.79. The first-order chi connectivity index (χ1) is 12.9. The summed E-state index contributed by atoms with van der Waals surface area (Å²) < 4.78 is 7.44. The molecule has 144 valence electrons. The Morgan fingerprint density at radius 1 is 1.22 bits per heavy atom. The summed E-state index contributed by atoms with van der Waals surface area (Å²) in [6.45, 7) is 8.01. The van der Waals surface area contributed by atoms with E-state index in [1.165, 1.54) is 11.3 Å². The number of hydrogen-bond donors (Lipinski definition) is 1. The normalized spacial score (nSPS) is 22.3. The first-order valence-electron chi connectivity index (χ1n) is 9.95. The third-order valence-electron chi connectivity index (χ3n) is 5.87. The second-order valence-electron chi connectivity index (χ2n) is 8.79. The zero-order chi connectivity index (χ0) is 19.0. The van der Waals surface area contributed by atoms with Gasteiger partial charge in [-0.2, -0.15) is 5.10 Å². The van der Waals surface area contributed by atoms with Crippen LogP contribution in [-0.2, 0) is 16.0 Å². The Bertz CT molecular complexity index is 817. The molecule has 0 bridgehead atoms. The summed E-state index contributed by atoms with van der Waals surface area (Å²) in [5.74, 6) is 0.231. The molecule has 1 aliphatic heterocycles. The fourth-order valence-corrected chi connectivity index (χ4v) is 4.33. The number of carbonyl (C=O) groups is 1. The molecule has 1 aliphatic carbocycles. The zero-order valence-electron chi connectivity index (χ0n) is 16.5. The van der Waals surface area contributed by atoms with Crippen molar-refractivity contribution in [3.63, 3.8) is 0 Å². The van der Waals surface area contributed by atoms with Crippen molar-refractivity contribution in [1.82, 2.24) is 15.1 Å². The van der Waals surface area contributed by atoms with E-state index in [2.05, 4.69) is 55.5 Å². The van der Waals surface area contributed by atoms with Gasteiger partial charge < -0.3 is 10.1 Å². The number of aryl methyl sites for hydroxylation is 1. The van der Waals surface area contributed by atoms with E-state index in [9.17, 15) is 4.79 Å². The van der Waals surface area contributed by atoms with E-state index in [0.717, 1.165) is 36.9 Å². The van der Waals surface area contributed by atoms with Crippen LogP contribution in [0.15, 0.2) is 30.5 Å². The number of amides is 1. The van der Waals surface area contributed by atoms with Gasteiger partial charge in [0.05, 0.1) is 23.6 Å². The average molecular weight is 367 g/mol. The highest BCUT2D eigenvalue weighted by molar-refractivity contribution is 5.79. The molecule has 0 saturated carbocycles. The molecule has 5 heteroatoms. The number of benzene rings is 1. The van der Waals surface area contributed by atoms with E-state index in [-0.39, 0.29) is 23.3 Å². The predicted molar refractivity (Wildman–Crippen MR) is 105 cm³/mol. The lowest BCUT2D eigenvalue weighted by atomic mass is 9.74. The van der Waals surface area contributed by atoms with E-state index in [4.69, 9.17) is 4.74 Å². The molecule has 1 amide bonds. The Labute approximate surface area is 161 Å². The van der Waals surface area contributed by atoms with Crippen molar-refractivity contribution in [3.05, 3.63) is 47.3 Å². The number of ether oxygens (including phenoxy) is 1. The van der Waals surface area contributed by atoms with Crippen LogP contribution in [-0.4, -0.2) is 28.9 Å². The van der Waals surface area contributed by atoms with E-state index < -0.39 is 0 Å². The van der Waals surface area contributed by atoms with Crippen LogP contribution in [0.4, 0.5) is 0 Å². The molecule has 1 fully saturated rings. The summed E-state index contributed by atoms with van der Waals surface area (Å²) in [6.07, 6.45) is 5.47. The molecule has 2 heterocycles. The van der Waals surface area contributed by atoms with Crippen LogP contribution in [0.2, 0.25) is 0 Å². The summed E-state index contributed by atoms with van der Waals surface area (Å²) in [6, 6.07) is 8.47. The minimum atomic E-state index is 0.0262. The molecule has 0 radical (unpaired) electrons. The first-order valence-corrected chi connectivity index (χ1v) is 9.95. The van der Waals surface area contributed by atoms with Gasteiger partial charge in [0.25, 0.3) is 0 Å². The topological polar surface area (TPSA) is 56.2 Å². The third-order valence-corrected chi connectivity index (χ3v) is 5.87. The Hall–Kier alpha value is -2.14. The number of nitrogens with one attached hydrogen (secondary N) is 1. The quantitative estimate of drug-likeness (QED) is 0.899. The van der Waals surface area contributed by atoms with Crippen molar-refractivity contribution >= 4 is 5.91 Å². The van der Waals surface area contributed by atoms with Gasteiger partial charge in [-0.1, -0.05) is 31.5 Å². The summed E-state index contributed by atoms with van der Waals surface area (Å²) in [5, 5.41) is 8.01. The van der Waals surface area contributed by atoms with Crippen LogP contribution in [0.1, 0.15) is 56.0 Å². The summed E-state index contributed by atoms with van der Waals surface area (Å²) in [5.41, 5.74) is 4.81. The highest BCUT2D eigenvalue weighted by atomic mass is 16.5. The second kappa shape index (κ2) is 7.12. The molecule has 1 N–H and O–H groups in total. The molecule has 0 unspecified atom stereocenters. The predicted octanol–water partition coefficient (Wildman–Crippen LogP) is 3.74. The molecule has 4 rings (SSSR count). The number of rotatable bonds is 3. The Kier molecular flexibility index (Phi) is 4.81. The Balaban J connectivity index is 1.62. The molecular weight excluding hydrogens is 338 g/mol. The minimum absolute atomic E-state index is 0.0262. The molecule has 2 aliphatic rings. The van der Waals surface area contributed by atoms with Crippen LogP contribution < -0.4 is 5.32 Å². The highest BCUT2D eigenvalue weighted by Gasteiger charge is 2.37. The van der Waals surface area contributed by atoms with Crippen LogP contribution in [0, 0.1) is 18.3 Å². The number of aromatic nitrogens is 2. The lowest BCUT2D eigenvalue weighted by molar-refractivity contribution is -0.128. The van der Waals surface area contributed by atoms with Crippen LogP contribution in [0.3, 0.4) is 0 Å². The van der Waals surface area contributed by atoms with Gasteiger partial charge in [0.15, 0.2) is 0 Å². The number of hydrogen-bond acceptors (Lipinski definition) is 3. The van der Waals surface area contributed by atoms with Crippen LogP contribution in [0.5, 0.6) is 0 Å². The molecule has 1 atom stereocenters. The van der Waals surface area contributed by atoms with Gasteiger partial charge in [-0.3, -0.25) is 4.79 Å². The first kappa shape index (κ1) is 18.2.